The Bertz CT molecular complexity index is 683. The lowest BCUT2D eigenvalue weighted by Gasteiger charge is -2.12. The molecule has 0 unspecified atom stereocenters. The summed E-state index contributed by atoms with van der Waals surface area (Å²) in [6.45, 7) is 4.25. The summed E-state index contributed by atoms with van der Waals surface area (Å²) in [5, 5.41) is 16.5. The zero-order valence-electron chi connectivity index (χ0n) is 12.0. The second-order valence-electron chi connectivity index (χ2n) is 5.05. The lowest BCUT2D eigenvalue weighted by atomic mass is 10.1. The summed E-state index contributed by atoms with van der Waals surface area (Å²) in [5.41, 5.74) is 2.04. The molecule has 0 spiro atoms. The van der Waals surface area contributed by atoms with Crippen LogP contribution in [0.4, 0.5) is 5.69 Å². The first-order valence-corrected chi connectivity index (χ1v) is 7.10. The van der Waals surface area contributed by atoms with Gasteiger partial charge in [-0.3, -0.25) is 4.79 Å². The van der Waals surface area contributed by atoms with Gasteiger partial charge in [-0.05, 0) is 25.0 Å². The van der Waals surface area contributed by atoms with Crippen LogP contribution >= 0.6 is 11.6 Å². The van der Waals surface area contributed by atoms with Crippen LogP contribution in [0, 0.1) is 0 Å². The van der Waals surface area contributed by atoms with Crippen molar-refractivity contribution in [1.29, 1.82) is 0 Å². The molecule has 0 aliphatic carbocycles. The molecule has 2 N–H and O–H groups in total. The fraction of sp³-hybridized carbons (Fsp3) is 0.333. The Kier molecular flexibility index (Phi) is 4.98. The van der Waals surface area contributed by atoms with E-state index in [1.165, 1.54) is 4.68 Å². The van der Waals surface area contributed by atoms with Crippen LogP contribution in [0.3, 0.4) is 0 Å². The minimum atomic E-state index is -0.305. The number of aliphatic hydroxyl groups is 1. The largest absolute Gasteiger partial charge is 0.392 e. The van der Waals surface area contributed by atoms with Gasteiger partial charge in [0.1, 0.15) is 5.02 Å². The summed E-state index contributed by atoms with van der Waals surface area (Å²) in [5.74, 6) is 0. The number of halogens is 1. The molecule has 1 aromatic carbocycles. The van der Waals surface area contributed by atoms with Crippen molar-refractivity contribution in [1.82, 2.24) is 9.78 Å². The van der Waals surface area contributed by atoms with E-state index in [2.05, 4.69) is 10.4 Å². The summed E-state index contributed by atoms with van der Waals surface area (Å²) in [7, 11) is 0. The Balaban J connectivity index is 2.17. The van der Waals surface area contributed by atoms with Gasteiger partial charge in [-0.1, -0.05) is 35.9 Å². The lowest BCUT2D eigenvalue weighted by molar-refractivity contribution is 0.281. The molecule has 2 rings (SSSR count). The number of benzene rings is 1. The monoisotopic (exact) mass is 307 g/mol. The summed E-state index contributed by atoms with van der Waals surface area (Å²) in [4.78, 5) is 12.0. The summed E-state index contributed by atoms with van der Waals surface area (Å²) in [6, 6.07) is 7.51. The smallest absolute Gasteiger partial charge is 0.287 e. The molecule has 1 aromatic heterocycles. The fourth-order valence-electron chi connectivity index (χ4n) is 1.97. The highest BCUT2D eigenvalue weighted by Crippen LogP contribution is 2.17. The second-order valence-corrected chi connectivity index (χ2v) is 5.43. The molecule has 6 heteroatoms. The molecule has 2 aromatic rings. The maximum atomic E-state index is 12.0. The molecule has 0 aliphatic rings. The highest BCUT2D eigenvalue weighted by molar-refractivity contribution is 6.32. The Morgan fingerprint density at radius 1 is 1.38 bits per heavy atom. The van der Waals surface area contributed by atoms with E-state index in [1.807, 2.05) is 38.1 Å². The van der Waals surface area contributed by atoms with Crippen LogP contribution in [-0.4, -0.2) is 14.9 Å². The van der Waals surface area contributed by atoms with Crippen LogP contribution in [-0.2, 0) is 13.2 Å². The number of aromatic nitrogens is 2. The maximum Gasteiger partial charge on any atom is 0.287 e. The highest BCUT2D eigenvalue weighted by Gasteiger charge is 2.10. The predicted octanol–water partition coefficient (Wildman–Crippen LogP) is 2.58. The maximum absolute atomic E-state index is 12.0. The SMILES string of the molecule is CC(C)n1ncc(NCc2cccc(CO)c2)c(Cl)c1=O. The van der Waals surface area contributed by atoms with Gasteiger partial charge < -0.3 is 10.4 Å². The molecule has 21 heavy (non-hydrogen) atoms. The van der Waals surface area contributed by atoms with Crippen molar-refractivity contribution in [3.05, 3.63) is 57.0 Å². The number of nitrogens with one attached hydrogen (secondary N) is 1. The number of nitrogens with zero attached hydrogens (tertiary/aromatic N) is 2. The van der Waals surface area contributed by atoms with Gasteiger partial charge in [0.2, 0.25) is 0 Å². The molecule has 1 heterocycles. The summed E-state index contributed by atoms with van der Waals surface area (Å²) < 4.78 is 1.35. The minimum Gasteiger partial charge on any atom is -0.392 e. The zero-order valence-corrected chi connectivity index (χ0v) is 12.8. The van der Waals surface area contributed by atoms with E-state index < -0.39 is 0 Å². The lowest BCUT2D eigenvalue weighted by Crippen LogP contribution is -2.25. The van der Waals surface area contributed by atoms with Crippen molar-refractivity contribution >= 4 is 17.3 Å². The van der Waals surface area contributed by atoms with Gasteiger partial charge in [0.15, 0.2) is 0 Å². The number of hydrogen-bond donors (Lipinski definition) is 2. The summed E-state index contributed by atoms with van der Waals surface area (Å²) in [6.07, 6.45) is 1.56. The van der Waals surface area contributed by atoms with E-state index in [-0.39, 0.29) is 23.2 Å². The van der Waals surface area contributed by atoms with E-state index in [9.17, 15) is 4.79 Å². The zero-order chi connectivity index (χ0) is 15.4. The van der Waals surface area contributed by atoms with Crippen LogP contribution in [0.1, 0.15) is 31.0 Å². The molecule has 112 valence electrons. The van der Waals surface area contributed by atoms with Gasteiger partial charge >= 0.3 is 0 Å². The van der Waals surface area contributed by atoms with Crippen molar-refractivity contribution in [2.45, 2.75) is 33.0 Å². The molecule has 0 fully saturated rings. The first kappa shape index (κ1) is 15.5. The van der Waals surface area contributed by atoms with Gasteiger partial charge in [-0.2, -0.15) is 5.10 Å². The fourth-order valence-corrected chi connectivity index (χ4v) is 2.17. The number of hydrogen-bond acceptors (Lipinski definition) is 4. The third-order valence-electron chi connectivity index (χ3n) is 3.09. The molecule has 0 saturated carbocycles. The van der Waals surface area contributed by atoms with Crippen LogP contribution in [0.15, 0.2) is 35.3 Å². The molecule has 0 bridgehead atoms. The molecule has 0 atom stereocenters. The highest BCUT2D eigenvalue weighted by atomic mass is 35.5. The molecular weight excluding hydrogens is 290 g/mol. The van der Waals surface area contributed by atoms with E-state index in [1.54, 1.807) is 6.20 Å². The quantitative estimate of drug-likeness (QED) is 0.891. The molecular formula is C15H18ClN3O2. The van der Waals surface area contributed by atoms with Crippen molar-refractivity contribution < 1.29 is 5.11 Å². The van der Waals surface area contributed by atoms with Crippen LogP contribution < -0.4 is 10.9 Å². The minimum absolute atomic E-state index is 0.000581. The predicted molar refractivity (Wildman–Crippen MR) is 83.6 cm³/mol. The Hall–Kier alpha value is -1.85. The number of anilines is 1. The van der Waals surface area contributed by atoms with Gasteiger partial charge in [0.05, 0.1) is 24.5 Å². The van der Waals surface area contributed by atoms with Crippen molar-refractivity contribution in [3.63, 3.8) is 0 Å². The van der Waals surface area contributed by atoms with Crippen molar-refractivity contribution in [2.24, 2.45) is 0 Å². The van der Waals surface area contributed by atoms with E-state index >= 15 is 0 Å². The van der Waals surface area contributed by atoms with E-state index in [0.29, 0.717) is 12.2 Å². The van der Waals surface area contributed by atoms with Gasteiger partial charge in [-0.15, -0.1) is 0 Å². The third-order valence-corrected chi connectivity index (χ3v) is 3.45. The van der Waals surface area contributed by atoms with Crippen LogP contribution in [0.2, 0.25) is 5.02 Å². The Morgan fingerprint density at radius 3 is 2.76 bits per heavy atom. The van der Waals surface area contributed by atoms with E-state index in [0.717, 1.165) is 11.1 Å². The normalized spacial score (nSPS) is 10.9. The van der Waals surface area contributed by atoms with E-state index in [4.69, 9.17) is 16.7 Å². The summed E-state index contributed by atoms with van der Waals surface area (Å²) >= 11 is 6.09. The van der Waals surface area contributed by atoms with Crippen molar-refractivity contribution in [2.75, 3.05) is 5.32 Å². The average Bonchev–Trinajstić information content (AvgIpc) is 2.48. The third kappa shape index (κ3) is 3.62. The van der Waals surface area contributed by atoms with Crippen LogP contribution in [0.5, 0.6) is 0 Å². The average molecular weight is 308 g/mol. The van der Waals surface area contributed by atoms with Crippen molar-refractivity contribution in [3.8, 4) is 0 Å². The van der Waals surface area contributed by atoms with Crippen LogP contribution in [0.25, 0.3) is 0 Å². The molecule has 0 radical (unpaired) electrons. The standard InChI is InChI=1S/C15H18ClN3O2/c1-10(2)19-15(21)14(16)13(8-18-19)17-7-11-4-3-5-12(6-11)9-20/h3-6,8,10,17,20H,7,9H2,1-2H3. The Labute approximate surface area is 128 Å². The number of rotatable bonds is 5. The second kappa shape index (κ2) is 6.74. The van der Waals surface area contributed by atoms with Gasteiger partial charge in [-0.25, -0.2) is 4.68 Å². The van der Waals surface area contributed by atoms with Gasteiger partial charge in [0, 0.05) is 6.54 Å². The molecule has 0 aliphatic heterocycles. The first-order chi connectivity index (χ1) is 10.0. The number of aliphatic hydroxyl groups excluding tert-OH is 1. The topological polar surface area (TPSA) is 67.2 Å². The molecule has 0 amide bonds. The first-order valence-electron chi connectivity index (χ1n) is 6.72. The van der Waals surface area contributed by atoms with Gasteiger partial charge in [0.25, 0.3) is 5.56 Å². The Morgan fingerprint density at radius 2 is 2.10 bits per heavy atom. The molecule has 0 saturated heterocycles. The molecule has 5 nitrogen and oxygen atoms in total.